The lowest BCUT2D eigenvalue weighted by atomic mass is 9.96. The number of nitrogens with one attached hydrogen (secondary N) is 1. The van der Waals surface area contributed by atoms with Crippen LogP contribution in [-0.4, -0.2) is 33.6 Å². The maximum Gasteiger partial charge on any atom is 0.573 e. The van der Waals surface area contributed by atoms with Crippen LogP contribution in [-0.2, 0) is 13.0 Å². The molecule has 4 aromatic carbocycles. The third-order valence-electron chi connectivity index (χ3n) is 5.65. The summed E-state index contributed by atoms with van der Waals surface area (Å²) >= 11 is 0. The van der Waals surface area contributed by atoms with Crippen LogP contribution in [0.15, 0.2) is 72.8 Å². The van der Waals surface area contributed by atoms with Gasteiger partial charge in [-0.3, -0.25) is 4.79 Å². The van der Waals surface area contributed by atoms with Gasteiger partial charge in [-0.2, -0.15) is 0 Å². The van der Waals surface area contributed by atoms with E-state index < -0.39 is 18.2 Å². The van der Waals surface area contributed by atoms with Crippen molar-refractivity contribution >= 4 is 22.6 Å². The Balaban J connectivity index is 1.51. The molecule has 4 N–H and O–H groups in total. The average Bonchev–Trinajstić information content (AvgIpc) is 2.85. The van der Waals surface area contributed by atoms with Gasteiger partial charge < -0.3 is 25.4 Å². The lowest BCUT2D eigenvalue weighted by molar-refractivity contribution is -0.274. The van der Waals surface area contributed by atoms with Crippen molar-refractivity contribution < 1.29 is 42.8 Å². The number of phenolic OH excluding ortho intramolecular Hbond substituents is 2. The molecule has 4 aromatic rings. The van der Waals surface area contributed by atoms with Gasteiger partial charge in [0, 0.05) is 29.5 Å². The fourth-order valence-corrected chi connectivity index (χ4v) is 3.78. The molecule has 0 aliphatic carbocycles. The second kappa shape index (κ2) is 10.1. The van der Waals surface area contributed by atoms with Gasteiger partial charge in [-0.05, 0) is 59.0 Å². The highest BCUT2D eigenvalue weighted by atomic mass is 19.4. The molecule has 0 saturated carbocycles. The molecule has 10 heteroatoms. The van der Waals surface area contributed by atoms with Crippen LogP contribution in [0.5, 0.6) is 17.2 Å². The first-order valence-corrected chi connectivity index (χ1v) is 10.9. The number of benzene rings is 4. The van der Waals surface area contributed by atoms with E-state index in [0.717, 1.165) is 12.1 Å². The van der Waals surface area contributed by atoms with E-state index in [1.807, 2.05) is 0 Å². The second-order valence-electron chi connectivity index (χ2n) is 8.21. The van der Waals surface area contributed by atoms with E-state index >= 15 is 0 Å². The van der Waals surface area contributed by atoms with Crippen molar-refractivity contribution in [1.82, 2.24) is 5.32 Å². The zero-order valence-corrected chi connectivity index (χ0v) is 19.0. The molecule has 0 aliphatic rings. The minimum Gasteiger partial charge on any atom is -0.507 e. The van der Waals surface area contributed by atoms with Crippen molar-refractivity contribution in [2.75, 3.05) is 0 Å². The zero-order chi connectivity index (χ0) is 26.7. The van der Waals surface area contributed by atoms with Crippen LogP contribution in [0.25, 0.3) is 10.8 Å². The molecular formula is C27H20F3NO6. The molecule has 0 radical (unpaired) electrons. The number of rotatable bonds is 7. The molecule has 1 amide bonds. The first-order chi connectivity index (χ1) is 17.5. The molecule has 0 spiro atoms. The monoisotopic (exact) mass is 511 g/mol. The molecule has 0 fully saturated rings. The lowest BCUT2D eigenvalue weighted by Gasteiger charge is -2.13. The highest BCUT2D eigenvalue weighted by Crippen LogP contribution is 2.37. The summed E-state index contributed by atoms with van der Waals surface area (Å²) in [6.45, 7) is 0.0440. The Morgan fingerprint density at radius 2 is 1.46 bits per heavy atom. The minimum absolute atomic E-state index is 0.0440. The summed E-state index contributed by atoms with van der Waals surface area (Å²) in [5, 5.41) is 33.9. The molecule has 0 unspecified atom stereocenters. The number of phenols is 2. The molecule has 0 aliphatic heterocycles. The number of halogens is 3. The van der Waals surface area contributed by atoms with Gasteiger partial charge in [0.15, 0.2) is 0 Å². The highest BCUT2D eigenvalue weighted by Gasteiger charge is 2.31. The lowest BCUT2D eigenvalue weighted by Crippen LogP contribution is -2.22. The summed E-state index contributed by atoms with van der Waals surface area (Å²) in [4.78, 5) is 23.7. The van der Waals surface area contributed by atoms with Gasteiger partial charge in [0.05, 0.1) is 5.56 Å². The van der Waals surface area contributed by atoms with E-state index in [0.29, 0.717) is 21.9 Å². The molecule has 7 nitrogen and oxygen atoms in total. The molecule has 0 aromatic heterocycles. The molecule has 0 heterocycles. The van der Waals surface area contributed by atoms with Crippen molar-refractivity contribution in [3.05, 3.63) is 101 Å². The second-order valence-corrected chi connectivity index (χ2v) is 8.21. The Labute approximate surface area is 208 Å². The van der Waals surface area contributed by atoms with Crippen LogP contribution >= 0.6 is 0 Å². The minimum atomic E-state index is -4.79. The topological polar surface area (TPSA) is 116 Å². The number of carboxylic acid groups (broad SMARTS) is 1. The summed E-state index contributed by atoms with van der Waals surface area (Å²) in [6.07, 6.45) is -4.67. The molecule has 4 rings (SSSR count). The van der Waals surface area contributed by atoms with Crippen molar-refractivity contribution in [2.24, 2.45) is 0 Å². The zero-order valence-electron chi connectivity index (χ0n) is 19.0. The Kier molecular flexibility index (Phi) is 6.92. The normalized spacial score (nSPS) is 11.3. The number of fused-ring (bicyclic) bond motifs is 1. The number of alkyl halides is 3. The van der Waals surface area contributed by atoms with Crippen molar-refractivity contribution in [3.63, 3.8) is 0 Å². The van der Waals surface area contributed by atoms with Crippen molar-refractivity contribution in [3.8, 4) is 17.2 Å². The van der Waals surface area contributed by atoms with Gasteiger partial charge in [0.25, 0.3) is 5.91 Å². The van der Waals surface area contributed by atoms with Crippen LogP contribution in [0.1, 0.15) is 37.4 Å². The quantitative estimate of drug-likeness (QED) is 0.265. The van der Waals surface area contributed by atoms with Gasteiger partial charge in [-0.15, -0.1) is 13.2 Å². The number of ether oxygens (including phenoxy) is 1. The average molecular weight is 511 g/mol. The van der Waals surface area contributed by atoms with Crippen LogP contribution in [0.3, 0.4) is 0 Å². The fourth-order valence-electron chi connectivity index (χ4n) is 3.78. The highest BCUT2D eigenvalue weighted by molar-refractivity contribution is 6.01. The molecule has 0 bridgehead atoms. The van der Waals surface area contributed by atoms with Gasteiger partial charge in [0.2, 0.25) is 0 Å². The van der Waals surface area contributed by atoms with Crippen LogP contribution in [0.2, 0.25) is 0 Å². The first kappa shape index (κ1) is 25.4. The van der Waals surface area contributed by atoms with E-state index in [9.17, 15) is 33.0 Å². The standard InChI is InChI=1S/C27H20F3NO6/c28-27(29,30)37-20-9-3-16(4-10-20)14-31-25(34)19-8-7-18-13-23(32)22(24(33)21(18)12-19)11-15-1-5-17(6-2-15)26(35)36/h1-10,12-13,32-33H,11,14H2,(H,31,34)(H,35,36). The van der Waals surface area contributed by atoms with E-state index in [1.165, 1.54) is 42.5 Å². The SMILES string of the molecule is O=C(O)c1ccc(Cc2c(O)cc3ccc(C(=O)NCc4ccc(OC(F)(F)F)cc4)cc3c2O)cc1. The number of aromatic carboxylic acids is 1. The predicted octanol–water partition coefficient (Wildman–Crippen LogP) is 5.37. The summed E-state index contributed by atoms with van der Waals surface area (Å²) in [6, 6.07) is 17.1. The smallest absolute Gasteiger partial charge is 0.507 e. The van der Waals surface area contributed by atoms with Gasteiger partial charge in [0.1, 0.15) is 17.2 Å². The Hall–Kier alpha value is -4.73. The number of hydrogen-bond acceptors (Lipinski definition) is 5. The summed E-state index contributed by atoms with van der Waals surface area (Å²) in [7, 11) is 0. The van der Waals surface area contributed by atoms with Crippen molar-refractivity contribution in [2.45, 2.75) is 19.3 Å². The number of hydrogen-bond donors (Lipinski definition) is 4. The molecule has 0 saturated heterocycles. The van der Waals surface area contributed by atoms with E-state index in [4.69, 9.17) is 5.11 Å². The maximum absolute atomic E-state index is 12.7. The van der Waals surface area contributed by atoms with E-state index in [-0.39, 0.29) is 46.9 Å². The third-order valence-corrected chi connectivity index (χ3v) is 5.65. The number of carbonyl (C=O) groups is 2. The number of amides is 1. The molecule has 37 heavy (non-hydrogen) atoms. The summed E-state index contributed by atoms with van der Waals surface area (Å²) in [5.74, 6) is -2.28. The molecule has 190 valence electrons. The van der Waals surface area contributed by atoms with E-state index in [2.05, 4.69) is 10.1 Å². The first-order valence-electron chi connectivity index (χ1n) is 10.9. The van der Waals surface area contributed by atoms with Gasteiger partial charge in [-0.1, -0.05) is 30.3 Å². The summed E-state index contributed by atoms with van der Waals surface area (Å²) in [5.41, 5.74) is 1.76. The van der Waals surface area contributed by atoms with Crippen LogP contribution in [0, 0.1) is 0 Å². The predicted molar refractivity (Wildman–Crippen MR) is 128 cm³/mol. The van der Waals surface area contributed by atoms with Crippen LogP contribution < -0.4 is 10.1 Å². The number of carboxylic acids is 1. The number of aromatic hydroxyl groups is 2. The molecular weight excluding hydrogens is 491 g/mol. The van der Waals surface area contributed by atoms with Gasteiger partial charge in [-0.25, -0.2) is 4.79 Å². The van der Waals surface area contributed by atoms with E-state index in [1.54, 1.807) is 18.2 Å². The Morgan fingerprint density at radius 1 is 0.838 bits per heavy atom. The third kappa shape index (κ3) is 6.10. The maximum atomic E-state index is 12.7. The largest absolute Gasteiger partial charge is 0.573 e. The van der Waals surface area contributed by atoms with Crippen molar-refractivity contribution in [1.29, 1.82) is 0 Å². The Bertz CT molecular complexity index is 1470. The molecule has 0 atom stereocenters. The summed E-state index contributed by atoms with van der Waals surface area (Å²) < 4.78 is 40.7. The Morgan fingerprint density at radius 3 is 2.08 bits per heavy atom. The number of carbonyl (C=O) groups excluding carboxylic acids is 1. The fraction of sp³-hybridized carbons (Fsp3) is 0.111. The van der Waals surface area contributed by atoms with Gasteiger partial charge >= 0.3 is 12.3 Å². The van der Waals surface area contributed by atoms with Crippen LogP contribution in [0.4, 0.5) is 13.2 Å².